The van der Waals surface area contributed by atoms with Gasteiger partial charge >= 0.3 is 221 Å². The summed E-state index contributed by atoms with van der Waals surface area (Å²) >= 11 is -4.29. The Kier molecular flexibility index (Phi) is 7.23. The van der Waals surface area contributed by atoms with Crippen LogP contribution in [0.25, 0.3) is 12.2 Å². The third-order valence-corrected chi connectivity index (χ3v) is 57.0. The fourth-order valence-electron chi connectivity index (χ4n) is 5.98. The molecule has 0 aliphatic heterocycles. The first-order valence-electron chi connectivity index (χ1n) is 13.1. The van der Waals surface area contributed by atoms with Gasteiger partial charge in [-0.25, -0.2) is 0 Å². The molecule has 2 unspecified atom stereocenters. The average Bonchev–Trinajstić information content (AvgIpc) is 3.47. The normalized spacial score (nSPS) is 19.5. The van der Waals surface area contributed by atoms with Gasteiger partial charge in [0, 0.05) is 0 Å². The van der Waals surface area contributed by atoms with E-state index >= 15 is 0 Å². The van der Waals surface area contributed by atoms with Crippen LogP contribution in [-0.2, 0) is 22.0 Å². The van der Waals surface area contributed by atoms with Crippen molar-refractivity contribution in [3.8, 4) is 0 Å². The second-order valence-electron chi connectivity index (χ2n) is 10.7. The zero-order valence-electron chi connectivity index (χ0n) is 21.0. The number of unbranched alkanes of at least 4 members (excludes halogenated alkanes) is 1. The molecule has 2 atom stereocenters. The Labute approximate surface area is 219 Å². The van der Waals surface area contributed by atoms with Crippen LogP contribution in [0.1, 0.15) is 65.0 Å². The van der Waals surface area contributed by atoms with E-state index < -0.39 is 21.5 Å². The second-order valence-corrected chi connectivity index (χ2v) is 53.3. The van der Waals surface area contributed by atoms with Crippen LogP contribution in [-0.4, -0.2) is 5.92 Å². The Morgan fingerprint density at radius 3 is 2.20 bits per heavy atom. The van der Waals surface area contributed by atoms with Gasteiger partial charge in [-0.1, -0.05) is 0 Å². The third kappa shape index (κ3) is 4.66. The molecule has 0 saturated carbocycles. The summed E-state index contributed by atoms with van der Waals surface area (Å²) in [6.45, 7) is 7.05. The van der Waals surface area contributed by atoms with Gasteiger partial charge in [0.05, 0.1) is 0 Å². The number of rotatable bonds is 8. The van der Waals surface area contributed by atoms with Crippen molar-refractivity contribution >= 4 is 38.4 Å². The monoisotopic (exact) mass is 595 g/mol. The van der Waals surface area contributed by atoms with E-state index in [1.165, 1.54) is 49.5 Å². The molecule has 5 rings (SSSR count). The van der Waals surface area contributed by atoms with Crippen LogP contribution in [0.15, 0.2) is 78.9 Å². The van der Waals surface area contributed by atoms with E-state index in [4.69, 9.17) is 17.0 Å². The van der Waals surface area contributed by atoms with Gasteiger partial charge in [0.2, 0.25) is 0 Å². The average molecular weight is 598 g/mol. The number of allylic oxidation sites excluding steroid dienone is 2. The fraction of sp³-hybridized carbons (Fsp3) is 0.290. The first kappa shape index (κ1) is 25.5. The Morgan fingerprint density at radius 1 is 0.829 bits per heavy atom. The minimum absolute atomic E-state index is 0.313. The van der Waals surface area contributed by atoms with Crippen molar-refractivity contribution in [2.75, 3.05) is 0 Å². The van der Waals surface area contributed by atoms with Crippen molar-refractivity contribution in [2.24, 2.45) is 0 Å². The summed E-state index contributed by atoms with van der Waals surface area (Å²) in [5.41, 5.74) is 8.22. The summed E-state index contributed by atoms with van der Waals surface area (Å²) in [5, 5.41) is 0. The van der Waals surface area contributed by atoms with E-state index in [1.54, 1.807) is 0 Å². The number of halogens is 2. The Morgan fingerprint density at radius 2 is 1.49 bits per heavy atom. The van der Waals surface area contributed by atoms with Crippen LogP contribution in [0.4, 0.5) is 0 Å². The van der Waals surface area contributed by atoms with Crippen LogP contribution >= 0.6 is 17.0 Å². The predicted molar refractivity (Wildman–Crippen MR) is 156 cm³/mol. The van der Waals surface area contributed by atoms with Crippen molar-refractivity contribution in [1.82, 2.24) is 0 Å². The van der Waals surface area contributed by atoms with Gasteiger partial charge in [-0.05, 0) is 0 Å². The van der Waals surface area contributed by atoms with Crippen LogP contribution in [0.3, 0.4) is 0 Å². The van der Waals surface area contributed by atoms with E-state index in [1.807, 2.05) is 0 Å². The number of hydrogen-bond donors (Lipinski definition) is 0. The molecule has 0 radical (unpaired) electrons. The molecule has 0 amide bonds. The molecule has 35 heavy (non-hydrogen) atoms. The maximum atomic E-state index is 7.97. The zero-order chi connectivity index (χ0) is 24.7. The van der Waals surface area contributed by atoms with Crippen LogP contribution in [0.2, 0.25) is 17.2 Å². The summed E-state index contributed by atoms with van der Waals surface area (Å²) in [5.74, 6) is -0.742. The molecule has 181 valence electrons. The second kappa shape index (κ2) is 9.94. The Hall–Kier alpha value is -1.18. The van der Waals surface area contributed by atoms with Crippen molar-refractivity contribution in [3.63, 3.8) is 0 Å². The molecule has 0 heterocycles. The van der Waals surface area contributed by atoms with Crippen molar-refractivity contribution in [2.45, 2.75) is 55.2 Å². The molecule has 3 aromatic carbocycles. The number of benzene rings is 3. The first-order chi connectivity index (χ1) is 16.8. The molecule has 0 nitrogen and oxygen atoms in total. The quantitative estimate of drug-likeness (QED) is 0.227. The van der Waals surface area contributed by atoms with Crippen LogP contribution in [0.5, 0.6) is 0 Å². The molecule has 0 N–H and O–H groups in total. The van der Waals surface area contributed by atoms with Gasteiger partial charge in [-0.15, -0.1) is 0 Å². The first-order valence-corrected chi connectivity index (χ1v) is 29.5. The van der Waals surface area contributed by atoms with E-state index in [-0.39, 0.29) is 0 Å². The Balaban J connectivity index is 1.58. The van der Waals surface area contributed by atoms with E-state index in [2.05, 4.69) is 111 Å². The summed E-state index contributed by atoms with van der Waals surface area (Å²) in [7, 11) is 15.9. The number of aryl methyl sites for hydroxylation is 1. The maximum absolute atomic E-state index is 7.97. The summed E-state index contributed by atoms with van der Waals surface area (Å²) in [6.07, 6.45) is 12.6. The SMILES string of the molecule is CCCCc1cc(C2C=Cc3ccccc32)cc[c]1[Zr]([Cl])([Cl])([CH2]C1C=Cc2ccccc21)[SiH](C)C. The van der Waals surface area contributed by atoms with Gasteiger partial charge < -0.3 is 0 Å². The van der Waals surface area contributed by atoms with E-state index in [0.717, 1.165) is 10.5 Å². The van der Waals surface area contributed by atoms with Crippen LogP contribution < -0.4 is 3.27 Å². The number of hydrogen-bond acceptors (Lipinski definition) is 0. The molecule has 2 aliphatic rings. The molecule has 3 aromatic rings. The molecular formula is C31H35Cl2SiZr. The molecule has 0 bridgehead atoms. The molecule has 4 heteroatoms. The fourth-order valence-corrected chi connectivity index (χ4v) is 29.0. The van der Waals surface area contributed by atoms with Gasteiger partial charge in [0.15, 0.2) is 0 Å². The number of fused-ring (bicyclic) bond motifs is 2. The Bertz CT molecular complexity index is 1310. The van der Waals surface area contributed by atoms with Gasteiger partial charge in [-0.3, -0.25) is 0 Å². The minimum atomic E-state index is -4.29. The topological polar surface area (TPSA) is 0 Å². The molecule has 2 aliphatic carbocycles. The molecule has 0 aromatic heterocycles. The van der Waals surface area contributed by atoms with Crippen molar-refractivity contribution < 1.29 is 15.6 Å². The van der Waals surface area contributed by atoms with E-state index in [9.17, 15) is 0 Å². The van der Waals surface area contributed by atoms with Gasteiger partial charge in [0.1, 0.15) is 0 Å². The predicted octanol–water partition coefficient (Wildman–Crippen LogP) is 9.02. The van der Waals surface area contributed by atoms with E-state index in [0.29, 0.717) is 11.8 Å². The van der Waals surface area contributed by atoms with Crippen molar-refractivity contribution in [3.05, 3.63) is 112 Å². The molecule has 0 spiro atoms. The summed E-state index contributed by atoms with van der Waals surface area (Å²) in [4.78, 5) is 0. The van der Waals surface area contributed by atoms with Gasteiger partial charge in [-0.2, -0.15) is 0 Å². The zero-order valence-corrected chi connectivity index (χ0v) is 26.1. The third-order valence-electron chi connectivity index (χ3n) is 8.27. The standard InChI is InChI=1S/C19H19.C10H9.C2H7Si.2ClH.Zr/c1-2-3-7-15-8-6-10-17(14-15)19-13-12-16-9-4-5-11-18(16)19;1-8-6-7-9-4-2-3-5-10(8)9;1-3-2;;;/h4-6,9-14,19H,2-3,7H2,1H3;2-8H,1H2;3H,1-2H3;2*1H;/q;;;;;+2/p-2. The molecular weight excluding hydrogens is 563 g/mol. The van der Waals surface area contributed by atoms with Gasteiger partial charge in [0.25, 0.3) is 0 Å². The summed E-state index contributed by atoms with van der Waals surface area (Å²) < 4.78 is 2.27. The van der Waals surface area contributed by atoms with Crippen molar-refractivity contribution in [1.29, 1.82) is 0 Å². The molecule has 0 fully saturated rings. The van der Waals surface area contributed by atoms with Crippen LogP contribution in [0, 0.1) is 0 Å². The molecule has 0 saturated heterocycles. The summed E-state index contributed by atoms with van der Waals surface area (Å²) in [6, 6.07) is 24.6.